The summed E-state index contributed by atoms with van der Waals surface area (Å²) in [6.45, 7) is 0. The van der Waals surface area contributed by atoms with Crippen molar-refractivity contribution in [2.75, 3.05) is 0 Å². The van der Waals surface area contributed by atoms with Gasteiger partial charge in [-0.3, -0.25) is 4.79 Å². The van der Waals surface area contributed by atoms with Crippen molar-refractivity contribution >= 4 is 39.6 Å². The van der Waals surface area contributed by atoms with Crippen LogP contribution in [0.2, 0.25) is 5.02 Å². The quantitative estimate of drug-likeness (QED) is 0.496. The lowest BCUT2D eigenvalue weighted by Crippen LogP contribution is -2.17. The molecule has 22 heavy (non-hydrogen) atoms. The molecule has 0 aliphatic carbocycles. The van der Waals surface area contributed by atoms with E-state index in [1.165, 1.54) is 0 Å². The van der Waals surface area contributed by atoms with Crippen molar-refractivity contribution in [3.8, 4) is 0 Å². The minimum Gasteiger partial charge on any atom is -0.618 e. The van der Waals surface area contributed by atoms with Crippen molar-refractivity contribution < 1.29 is 9.53 Å². The van der Waals surface area contributed by atoms with Gasteiger partial charge in [0.1, 0.15) is 5.56 Å². The summed E-state index contributed by atoms with van der Waals surface area (Å²) in [5, 5.41) is 14.9. The van der Waals surface area contributed by atoms with Crippen LogP contribution in [0.5, 0.6) is 0 Å². The Morgan fingerprint density at radius 3 is 2.55 bits per heavy atom. The van der Waals surface area contributed by atoms with E-state index in [-0.39, 0.29) is 11.5 Å². The molecule has 0 aromatic heterocycles. The van der Waals surface area contributed by atoms with E-state index in [1.54, 1.807) is 24.3 Å². The molecule has 0 bridgehead atoms. The fraction of sp³-hybridized carbons (Fsp3) is 0. The molecule has 4 heteroatoms. The molecule has 0 saturated heterocycles. The standard InChI is InChI=1S/C18H10ClNO2/c19-12-8-9-16-15(10-12)18(21)17(20(16)22)14-7-3-5-11-4-1-2-6-13(11)14/h1-10H. The first kappa shape index (κ1) is 13.0. The SMILES string of the molecule is O=C1C(c2cccc3ccccc23)=[N+]([O-])c2ccc(Cl)cc21. The highest BCUT2D eigenvalue weighted by molar-refractivity contribution is 6.53. The first-order chi connectivity index (χ1) is 10.7. The van der Waals surface area contributed by atoms with E-state index in [4.69, 9.17) is 11.6 Å². The third-order valence-electron chi connectivity index (χ3n) is 3.88. The fourth-order valence-electron chi connectivity index (χ4n) is 2.87. The average Bonchev–Trinajstić information content (AvgIpc) is 2.78. The lowest BCUT2D eigenvalue weighted by Gasteiger charge is -2.05. The highest BCUT2D eigenvalue weighted by atomic mass is 35.5. The van der Waals surface area contributed by atoms with Crippen LogP contribution in [0.3, 0.4) is 0 Å². The zero-order chi connectivity index (χ0) is 15.3. The van der Waals surface area contributed by atoms with Crippen molar-refractivity contribution in [1.82, 2.24) is 0 Å². The maximum absolute atomic E-state index is 12.7. The smallest absolute Gasteiger partial charge is 0.273 e. The van der Waals surface area contributed by atoms with E-state index < -0.39 is 0 Å². The first-order valence-corrected chi connectivity index (χ1v) is 7.21. The van der Waals surface area contributed by atoms with Gasteiger partial charge in [-0.2, -0.15) is 4.74 Å². The van der Waals surface area contributed by atoms with Gasteiger partial charge in [0.15, 0.2) is 0 Å². The molecule has 3 aromatic carbocycles. The minimum absolute atomic E-state index is 0.147. The number of Topliss-reactive ketones (excluding diaryl/α,β-unsaturated/α-hetero) is 1. The Hall–Kier alpha value is -2.65. The number of halogens is 1. The van der Waals surface area contributed by atoms with E-state index in [2.05, 4.69) is 0 Å². The maximum atomic E-state index is 12.7. The number of benzene rings is 3. The molecule has 0 fully saturated rings. The number of carbonyl (C=O) groups is 1. The van der Waals surface area contributed by atoms with Crippen LogP contribution >= 0.6 is 11.6 Å². The van der Waals surface area contributed by atoms with Crippen LogP contribution in [-0.2, 0) is 0 Å². The van der Waals surface area contributed by atoms with Gasteiger partial charge in [-0.1, -0.05) is 48.0 Å². The topological polar surface area (TPSA) is 43.1 Å². The van der Waals surface area contributed by atoms with Crippen molar-refractivity contribution in [2.45, 2.75) is 0 Å². The zero-order valence-corrected chi connectivity index (χ0v) is 12.2. The molecule has 4 rings (SSSR count). The summed E-state index contributed by atoms with van der Waals surface area (Å²) in [6, 6.07) is 18.0. The van der Waals surface area contributed by atoms with Gasteiger partial charge in [0.2, 0.25) is 5.69 Å². The first-order valence-electron chi connectivity index (χ1n) is 6.83. The third kappa shape index (κ3) is 1.76. The Balaban J connectivity index is 2.01. The summed E-state index contributed by atoms with van der Waals surface area (Å²) in [7, 11) is 0. The van der Waals surface area contributed by atoms with E-state index in [9.17, 15) is 10.0 Å². The second kappa shape index (κ2) is 4.68. The van der Waals surface area contributed by atoms with Gasteiger partial charge in [0.05, 0.1) is 5.56 Å². The molecule has 3 aromatic rings. The van der Waals surface area contributed by atoms with Crippen LogP contribution in [0.25, 0.3) is 10.8 Å². The van der Waals surface area contributed by atoms with Crippen LogP contribution in [0, 0.1) is 5.21 Å². The predicted octanol–water partition coefficient (Wildman–Crippen LogP) is 4.32. The van der Waals surface area contributed by atoms with E-state index in [1.807, 2.05) is 36.4 Å². The van der Waals surface area contributed by atoms with Crippen LogP contribution < -0.4 is 0 Å². The minimum atomic E-state index is -0.288. The van der Waals surface area contributed by atoms with Crippen molar-refractivity contribution in [3.63, 3.8) is 0 Å². The molecule has 0 saturated carbocycles. The molecule has 0 atom stereocenters. The number of rotatable bonds is 1. The summed E-state index contributed by atoms with van der Waals surface area (Å²) >= 11 is 5.94. The summed E-state index contributed by atoms with van der Waals surface area (Å²) < 4.78 is 0.704. The second-order valence-corrected chi connectivity index (χ2v) is 5.60. The van der Waals surface area contributed by atoms with E-state index in [0.29, 0.717) is 26.6 Å². The summed E-state index contributed by atoms with van der Waals surface area (Å²) in [5.41, 5.74) is 1.49. The van der Waals surface area contributed by atoms with E-state index in [0.717, 1.165) is 10.8 Å². The Morgan fingerprint density at radius 1 is 0.909 bits per heavy atom. The van der Waals surface area contributed by atoms with Crippen LogP contribution in [-0.4, -0.2) is 16.2 Å². The van der Waals surface area contributed by atoms with Gasteiger partial charge < -0.3 is 5.21 Å². The van der Waals surface area contributed by atoms with Gasteiger partial charge >= 0.3 is 0 Å². The molecule has 1 aliphatic rings. The molecule has 0 spiro atoms. The summed E-state index contributed by atoms with van der Waals surface area (Å²) in [4.78, 5) is 12.7. The Kier molecular flexibility index (Phi) is 2.78. The van der Waals surface area contributed by atoms with E-state index >= 15 is 0 Å². The van der Waals surface area contributed by atoms with Crippen molar-refractivity contribution in [3.05, 3.63) is 82.0 Å². The average molecular weight is 308 g/mol. The largest absolute Gasteiger partial charge is 0.618 e. The van der Waals surface area contributed by atoms with Gasteiger partial charge in [-0.15, -0.1) is 0 Å². The number of fused-ring (bicyclic) bond motifs is 2. The summed E-state index contributed by atoms with van der Waals surface area (Å²) in [5.74, 6) is -0.288. The van der Waals surface area contributed by atoms with Gasteiger partial charge in [-0.05, 0) is 29.0 Å². The number of nitrogens with zero attached hydrogens (tertiary/aromatic N) is 1. The number of hydrogen-bond donors (Lipinski definition) is 0. The lowest BCUT2D eigenvalue weighted by atomic mass is 9.97. The maximum Gasteiger partial charge on any atom is 0.273 e. The van der Waals surface area contributed by atoms with Crippen molar-refractivity contribution in [2.24, 2.45) is 0 Å². The molecule has 0 radical (unpaired) electrons. The highest BCUT2D eigenvalue weighted by Gasteiger charge is 2.37. The Bertz CT molecular complexity index is 970. The number of carbonyl (C=O) groups excluding carboxylic acids is 1. The summed E-state index contributed by atoms with van der Waals surface area (Å²) in [6.07, 6.45) is 0. The normalized spacial score (nSPS) is 13.8. The van der Waals surface area contributed by atoms with Crippen LogP contribution in [0.1, 0.15) is 15.9 Å². The molecule has 1 heterocycles. The van der Waals surface area contributed by atoms with Crippen molar-refractivity contribution in [1.29, 1.82) is 0 Å². The number of ketones is 1. The monoisotopic (exact) mass is 307 g/mol. The highest BCUT2D eigenvalue weighted by Crippen LogP contribution is 2.32. The fourth-order valence-corrected chi connectivity index (χ4v) is 3.04. The molecule has 0 amide bonds. The lowest BCUT2D eigenvalue weighted by molar-refractivity contribution is -0.355. The Morgan fingerprint density at radius 2 is 1.68 bits per heavy atom. The molecule has 106 valence electrons. The molecule has 1 aliphatic heterocycles. The Labute approximate surface area is 131 Å². The van der Waals surface area contributed by atoms with Crippen LogP contribution in [0.15, 0.2) is 60.7 Å². The van der Waals surface area contributed by atoms with Gasteiger partial charge in [0.25, 0.3) is 11.5 Å². The molecular weight excluding hydrogens is 298 g/mol. The molecule has 0 N–H and O–H groups in total. The number of hydrogen-bond acceptors (Lipinski definition) is 2. The second-order valence-electron chi connectivity index (χ2n) is 5.16. The molecule has 0 unspecified atom stereocenters. The van der Waals surface area contributed by atoms with Gasteiger partial charge in [-0.25, -0.2) is 0 Å². The van der Waals surface area contributed by atoms with Crippen LogP contribution in [0.4, 0.5) is 5.69 Å². The predicted molar refractivity (Wildman–Crippen MR) is 87.1 cm³/mol. The van der Waals surface area contributed by atoms with Gasteiger partial charge in [0, 0.05) is 11.1 Å². The third-order valence-corrected chi connectivity index (χ3v) is 4.12. The zero-order valence-electron chi connectivity index (χ0n) is 11.4. The molecule has 3 nitrogen and oxygen atoms in total. The molecular formula is C18H10ClNO2.